The molecule has 0 aromatic heterocycles. The average molecular weight is 472 g/mol. The van der Waals surface area contributed by atoms with E-state index in [1.165, 1.54) is 5.56 Å². The molecule has 1 aliphatic carbocycles. The highest BCUT2D eigenvalue weighted by Crippen LogP contribution is 2.50. The number of hydrogen-bond acceptors (Lipinski definition) is 4. The van der Waals surface area contributed by atoms with Gasteiger partial charge in [-0.3, -0.25) is 4.90 Å². The van der Waals surface area contributed by atoms with Gasteiger partial charge in [0.1, 0.15) is 0 Å². The summed E-state index contributed by atoms with van der Waals surface area (Å²) in [7, 11) is 3.36. The van der Waals surface area contributed by atoms with Gasteiger partial charge in [0.2, 0.25) is 0 Å². The first-order valence-corrected chi connectivity index (χ1v) is 12.2. The molecular formula is C26H34ClN3O3. The van der Waals surface area contributed by atoms with E-state index in [0.29, 0.717) is 16.8 Å². The zero-order valence-electron chi connectivity index (χ0n) is 19.7. The average Bonchev–Trinajstić information content (AvgIpc) is 3.17. The van der Waals surface area contributed by atoms with Crippen molar-refractivity contribution in [3.63, 3.8) is 0 Å². The summed E-state index contributed by atoms with van der Waals surface area (Å²) in [5, 5.41) is 6.73. The monoisotopic (exact) mass is 471 g/mol. The van der Waals surface area contributed by atoms with Gasteiger partial charge in [0, 0.05) is 28.2 Å². The number of amides is 2. The van der Waals surface area contributed by atoms with Crippen LogP contribution in [0.25, 0.3) is 0 Å². The lowest BCUT2D eigenvalue weighted by Gasteiger charge is -2.45. The molecule has 0 radical (unpaired) electrons. The summed E-state index contributed by atoms with van der Waals surface area (Å²) in [4.78, 5) is 15.3. The van der Waals surface area contributed by atoms with E-state index in [1.54, 1.807) is 26.4 Å². The van der Waals surface area contributed by atoms with Crippen molar-refractivity contribution < 1.29 is 14.3 Å². The van der Waals surface area contributed by atoms with Crippen molar-refractivity contribution in [3.05, 3.63) is 53.1 Å². The molecule has 2 N–H and O–H groups in total. The van der Waals surface area contributed by atoms with Gasteiger partial charge < -0.3 is 20.1 Å². The molecule has 1 aliphatic heterocycles. The first-order chi connectivity index (χ1) is 16.0. The van der Waals surface area contributed by atoms with E-state index in [2.05, 4.69) is 34.6 Å². The van der Waals surface area contributed by atoms with Gasteiger partial charge in [-0.25, -0.2) is 4.79 Å². The van der Waals surface area contributed by atoms with Crippen LogP contribution in [-0.4, -0.2) is 50.3 Å². The lowest BCUT2D eigenvalue weighted by Crippen LogP contribution is -2.53. The van der Waals surface area contributed by atoms with Crippen LogP contribution in [0.2, 0.25) is 5.02 Å². The molecule has 2 fully saturated rings. The number of urea groups is 1. The van der Waals surface area contributed by atoms with E-state index < -0.39 is 0 Å². The first-order valence-electron chi connectivity index (χ1n) is 11.8. The predicted octanol–water partition coefficient (Wildman–Crippen LogP) is 5.45. The van der Waals surface area contributed by atoms with Crippen LogP contribution in [0.5, 0.6) is 11.5 Å². The Morgan fingerprint density at radius 1 is 1.15 bits per heavy atom. The molecule has 0 bridgehead atoms. The number of methoxy groups -OCH3 is 2. The second-order valence-corrected chi connectivity index (χ2v) is 9.54. The SMILES string of the molecule is CCCN1CC[C@]2(c3ccc(OC)c(OC)c3)CC[C@H](NC(=O)Nc3cccc(Cl)c3)C[C@@H]12. The quantitative estimate of drug-likeness (QED) is 0.563. The van der Waals surface area contributed by atoms with Gasteiger partial charge >= 0.3 is 6.03 Å². The third kappa shape index (κ3) is 4.92. The van der Waals surface area contributed by atoms with E-state index >= 15 is 0 Å². The third-order valence-corrected chi connectivity index (χ3v) is 7.49. The fourth-order valence-electron chi connectivity index (χ4n) is 5.73. The highest BCUT2D eigenvalue weighted by molar-refractivity contribution is 6.30. The number of halogens is 1. The van der Waals surface area contributed by atoms with Crippen LogP contribution in [0.15, 0.2) is 42.5 Å². The predicted molar refractivity (Wildman–Crippen MR) is 133 cm³/mol. The summed E-state index contributed by atoms with van der Waals surface area (Å²) in [5.41, 5.74) is 2.07. The largest absolute Gasteiger partial charge is 0.493 e. The lowest BCUT2D eigenvalue weighted by atomic mass is 9.65. The van der Waals surface area contributed by atoms with Gasteiger partial charge in [0.15, 0.2) is 11.5 Å². The number of fused-ring (bicyclic) bond motifs is 1. The second kappa shape index (κ2) is 10.2. The summed E-state index contributed by atoms with van der Waals surface area (Å²) < 4.78 is 11.1. The molecule has 1 saturated heterocycles. The van der Waals surface area contributed by atoms with Crippen molar-refractivity contribution in [1.29, 1.82) is 0 Å². The number of nitrogens with zero attached hydrogens (tertiary/aromatic N) is 1. The summed E-state index contributed by atoms with van der Waals surface area (Å²) in [6.45, 7) is 4.38. The summed E-state index contributed by atoms with van der Waals surface area (Å²) in [6.07, 6.45) is 5.13. The Bertz CT molecular complexity index is 985. The van der Waals surface area contributed by atoms with Crippen molar-refractivity contribution in [2.75, 3.05) is 32.6 Å². The van der Waals surface area contributed by atoms with E-state index in [9.17, 15) is 4.79 Å². The normalized spacial score (nSPS) is 24.7. The molecule has 6 nitrogen and oxygen atoms in total. The number of benzene rings is 2. The maximum Gasteiger partial charge on any atom is 0.319 e. The minimum Gasteiger partial charge on any atom is -0.493 e. The Morgan fingerprint density at radius 3 is 2.70 bits per heavy atom. The smallest absolute Gasteiger partial charge is 0.319 e. The van der Waals surface area contributed by atoms with E-state index in [1.807, 2.05) is 18.2 Å². The molecule has 1 saturated carbocycles. The van der Waals surface area contributed by atoms with Gasteiger partial charge in [-0.1, -0.05) is 30.7 Å². The van der Waals surface area contributed by atoms with Gasteiger partial charge in [-0.05, 0) is 81.1 Å². The molecule has 2 aromatic rings. The Morgan fingerprint density at radius 2 is 1.97 bits per heavy atom. The van der Waals surface area contributed by atoms with Crippen molar-refractivity contribution in [2.45, 2.75) is 56.5 Å². The standard InChI is InChI=1S/C26H34ClN3O3/c1-4-13-30-14-12-26(18-8-9-22(32-2)23(15-18)33-3)11-10-21(17-24(26)30)29-25(31)28-20-7-5-6-19(27)16-20/h5-9,15-16,21,24H,4,10-14,17H2,1-3H3,(H2,28,29,31)/t21-,24+,26-/m0/s1. The number of hydrogen-bond donors (Lipinski definition) is 2. The zero-order chi connectivity index (χ0) is 23.4. The van der Waals surface area contributed by atoms with Crippen LogP contribution in [0, 0.1) is 0 Å². The molecule has 2 aliphatic rings. The molecule has 178 valence electrons. The summed E-state index contributed by atoms with van der Waals surface area (Å²) in [6, 6.07) is 13.9. The van der Waals surface area contributed by atoms with Gasteiger partial charge in [0.05, 0.1) is 14.2 Å². The Balaban J connectivity index is 1.52. The van der Waals surface area contributed by atoms with Crippen LogP contribution >= 0.6 is 11.6 Å². The third-order valence-electron chi connectivity index (χ3n) is 7.26. The van der Waals surface area contributed by atoms with Gasteiger partial charge in [-0.2, -0.15) is 0 Å². The molecule has 1 heterocycles. The topological polar surface area (TPSA) is 62.8 Å². The highest BCUT2D eigenvalue weighted by Gasteiger charge is 2.51. The zero-order valence-corrected chi connectivity index (χ0v) is 20.5. The number of carbonyl (C=O) groups is 1. The fraction of sp³-hybridized carbons (Fsp3) is 0.500. The number of ether oxygens (including phenoxy) is 2. The minimum absolute atomic E-state index is 0.0658. The Hall–Kier alpha value is -2.44. The first kappa shape index (κ1) is 23.7. The van der Waals surface area contributed by atoms with E-state index in [-0.39, 0.29) is 17.5 Å². The van der Waals surface area contributed by atoms with Crippen molar-refractivity contribution in [3.8, 4) is 11.5 Å². The molecule has 3 atom stereocenters. The molecular weight excluding hydrogens is 438 g/mol. The lowest BCUT2D eigenvalue weighted by molar-refractivity contribution is 0.136. The molecule has 0 unspecified atom stereocenters. The van der Waals surface area contributed by atoms with Gasteiger partial charge in [0.25, 0.3) is 0 Å². The van der Waals surface area contributed by atoms with Gasteiger partial charge in [-0.15, -0.1) is 0 Å². The maximum absolute atomic E-state index is 12.7. The maximum atomic E-state index is 12.7. The second-order valence-electron chi connectivity index (χ2n) is 9.11. The molecule has 2 amide bonds. The van der Waals surface area contributed by atoms with Crippen LogP contribution in [-0.2, 0) is 5.41 Å². The van der Waals surface area contributed by atoms with Crippen molar-refractivity contribution in [1.82, 2.24) is 10.2 Å². The molecule has 4 rings (SSSR count). The molecule has 0 spiro atoms. The van der Waals surface area contributed by atoms with E-state index in [4.69, 9.17) is 21.1 Å². The Kier molecular flexibility index (Phi) is 7.35. The highest BCUT2D eigenvalue weighted by atomic mass is 35.5. The number of nitrogens with one attached hydrogen (secondary N) is 2. The summed E-state index contributed by atoms with van der Waals surface area (Å²) >= 11 is 6.05. The molecule has 2 aromatic carbocycles. The van der Waals surface area contributed by atoms with Crippen LogP contribution in [0.1, 0.15) is 44.6 Å². The summed E-state index contributed by atoms with van der Waals surface area (Å²) in [5.74, 6) is 1.53. The van der Waals surface area contributed by atoms with Crippen LogP contribution in [0.3, 0.4) is 0 Å². The van der Waals surface area contributed by atoms with Crippen LogP contribution < -0.4 is 20.1 Å². The number of anilines is 1. The van der Waals surface area contributed by atoms with Crippen LogP contribution in [0.4, 0.5) is 10.5 Å². The molecule has 33 heavy (non-hydrogen) atoms. The molecule has 7 heteroatoms. The fourth-order valence-corrected chi connectivity index (χ4v) is 5.92. The van der Waals surface area contributed by atoms with Crippen molar-refractivity contribution >= 4 is 23.3 Å². The van der Waals surface area contributed by atoms with Crippen molar-refractivity contribution in [2.24, 2.45) is 0 Å². The minimum atomic E-state index is -0.180. The number of carbonyl (C=O) groups excluding carboxylic acids is 1. The van der Waals surface area contributed by atoms with E-state index in [0.717, 1.165) is 56.7 Å². The Labute approximate surface area is 201 Å². The number of likely N-dealkylation sites (tertiary alicyclic amines) is 1. The number of rotatable bonds is 7.